The van der Waals surface area contributed by atoms with Crippen molar-refractivity contribution in [2.24, 2.45) is 5.73 Å². The van der Waals surface area contributed by atoms with Crippen LogP contribution in [0.3, 0.4) is 0 Å². The molecule has 0 aromatic carbocycles. The molecule has 0 bridgehead atoms. The Morgan fingerprint density at radius 1 is 2.00 bits per heavy atom. The van der Waals surface area contributed by atoms with Crippen molar-refractivity contribution in [3.05, 3.63) is 0 Å². The van der Waals surface area contributed by atoms with E-state index in [1.165, 1.54) is 6.92 Å². The first-order valence-corrected chi connectivity index (χ1v) is 3.02. The lowest BCUT2D eigenvalue weighted by molar-refractivity contribution is -0.115. The van der Waals surface area contributed by atoms with Crippen LogP contribution in [-0.2, 0) is 4.79 Å². The van der Waals surface area contributed by atoms with Gasteiger partial charge in [0, 0.05) is 6.92 Å². The number of rotatable bonds is 0. The third-order valence-corrected chi connectivity index (χ3v) is 0.401. The maximum atomic E-state index is 9.22. The summed E-state index contributed by atoms with van der Waals surface area (Å²) in [7, 11) is 0. The highest BCUT2D eigenvalue weighted by atomic mass is 79.9. The monoisotopic (exact) mass is 177 g/mol. The summed E-state index contributed by atoms with van der Waals surface area (Å²) >= 11 is 3.01. The zero-order valence-electron chi connectivity index (χ0n) is 4.65. The molecular formula is C5H8BrNO. The minimum atomic E-state index is -0.333. The number of alkyl halides is 1. The van der Waals surface area contributed by atoms with Crippen LogP contribution < -0.4 is 5.73 Å². The molecule has 0 radical (unpaired) electrons. The number of halogens is 1. The van der Waals surface area contributed by atoms with Crippen LogP contribution in [0.5, 0.6) is 0 Å². The van der Waals surface area contributed by atoms with E-state index in [1.807, 2.05) is 0 Å². The topological polar surface area (TPSA) is 43.1 Å². The minimum absolute atomic E-state index is 0.333. The SMILES string of the molecule is C#CCBr.CC(N)=O. The fraction of sp³-hybridized carbons (Fsp3) is 0.400. The Hall–Kier alpha value is -0.490. The average Bonchev–Trinajstić information content (AvgIpc) is 1.65. The Kier molecular flexibility index (Phi) is 12.7. The average molecular weight is 178 g/mol. The lowest BCUT2D eigenvalue weighted by Gasteiger charge is -1.60. The van der Waals surface area contributed by atoms with E-state index in [4.69, 9.17) is 6.42 Å². The zero-order chi connectivity index (χ0) is 6.99. The molecule has 0 aromatic rings. The first-order valence-electron chi connectivity index (χ1n) is 1.90. The number of amides is 1. The van der Waals surface area contributed by atoms with E-state index >= 15 is 0 Å². The van der Waals surface area contributed by atoms with Gasteiger partial charge in [-0.25, -0.2) is 0 Å². The molecule has 0 saturated carbocycles. The molecule has 0 aliphatic heterocycles. The van der Waals surface area contributed by atoms with Crippen LogP contribution in [0.4, 0.5) is 0 Å². The first-order chi connectivity index (χ1) is 3.65. The van der Waals surface area contributed by atoms with Gasteiger partial charge < -0.3 is 5.73 Å². The van der Waals surface area contributed by atoms with Crippen LogP contribution in [0, 0.1) is 12.3 Å². The normalized spacial score (nSPS) is 5.62. The Bertz CT molecular complexity index is 91.1. The van der Waals surface area contributed by atoms with Crippen molar-refractivity contribution >= 4 is 21.8 Å². The summed E-state index contributed by atoms with van der Waals surface area (Å²) in [5.74, 6) is 2.01. The lowest BCUT2D eigenvalue weighted by atomic mass is 10.8. The summed E-state index contributed by atoms with van der Waals surface area (Å²) in [5, 5.41) is 0.660. The number of carbonyl (C=O) groups is 1. The Morgan fingerprint density at radius 2 is 2.12 bits per heavy atom. The van der Waals surface area contributed by atoms with Gasteiger partial charge in [-0.15, -0.1) is 6.42 Å². The van der Waals surface area contributed by atoms with Gasteiger partial charge in [0.1, 0.15) is 0 Å². The highest BCUT2D eigenvalue weighted by Crippen LogP contribution is 1.68. The number of terminal acetylenes is 1. The molecular weight excluding hydrogens is 170 g/mol. The van der Waals surface area contributed by atoms with Crippen LogP contribution in [0.25, 0.3) is 0 Å². The molecule has 0 atom stereocenters. The molecule has 0 rings (SSSR count). The van der Waals surface area contributed by atoms with Gasteiger partial charge in [-0.05, 0) is 0 Å². The molecule has 0 aromatic heterocycles. The van der Waals surface area contributed by atoms with Gasteiger partial charge in [-0.2, -0.15) is 0 Å². The van der Waals surface area contributed by atoms with E-state index in [0.29, 0.717) is 5.33 Å². The summed E-state index contributed by atoms with van der Waals surface area (Å²) < 4.78 is 0. The van der Waals surface area contributed by atoms with E-state index in [-0.39, 0.29) is 5.91 Å². The number of carbonyl (C=O) groups excluding carboxylic acids is 1. The van der Waals surface area contributed by atoms with Crippen LogP contribution in [0.2, 0.25) is 0 Å². The third kappa shape index (κ3) is 431. The molecule has 0 saturated heterocycles. The van der Waals surface area contributed by atoms with E-state index in [9.17, 15) is 4.79 Å². The molecule has 3 heteroatoms. The fourth-order valence-corrected chi connectivity index (χ4v) is 0. The number of hydrogen-bond donors (Lipinski definition) is 1. The summed E-state index contributed by atoms with van der Waals surface area (Å²) in [4.78, 5) is 9.22. The summed E-state index contributed by atoms with van der Waals surface area (Å²) in [6, 6.07) is 0. The Morgan fingerprint density at radius 3 is 2.12 bits per heavy atom. The van der Waals surface area contributed by atoms with Crippen molar-refractivity contribution in [1.29, 1.82) is 0 Å². The minimum Gasteiger partial charge on any atom is -0.370 e. The maximum absolute atomic E-state index is 9.22. The van der Waals surface area contributed by atoms with E-state index in [2.05, 4.69) is 27.6 Å². The van der Waals surface area contributed by atoms with Gasteiger partial charge in [-0.1, -0.05) is 21.9 Å². The van der Waals surface area contributed by atoms with Gasteiger partial charge in [0.2, 0.25) is 5.91 Å². The quantitative estimate of drug-likeness (QED) is 0.426. The standard InChI is InChI=1S/C3H3Br.C2H5NO/c1-2-3-4;1-2(3)4/h1H,3H2;1H3,(H2,3,4). The van der Waals surface area contributed by atoms with Crippen molar-refractivity contribution in [2.45, 2.75) is 6.92 Å². The molecule has 2 N–H and O–H groups in total. The molecule has 0 unspecified atom stereocenters. The molecule has 2 nitrogen and oxygen atoms in total. The summed E-state index contributed by atoms with van der Waals surface area (Å²) in [6.07, 6.45) is 4.73. The molecule has 0 fully saturated rings. The molecule has 46 valence electrons. The number of hydrogen-bond acceptors (Lipinski definition) is 1. The molecule has 8 heavy (non-hydrogen) atoms. The van der Waals surface area contributed by atoms with E-state index < -0.39 is 0 Å². The van der Waals surface area contributed by atoms with E-state index in [1.54, 1.807) is 0 Å². The summed E-state index contributed by atoms with van der Waals surface area (Å²) in [5.41, 5.74) is 4.47. The number of primary amides is 1. The predicted molar refractivity (Wildman–Crippen MR) is 37.5 cm³/mol. The van der Waals surface area contributed by atoms with Crippen molar-refractivity contribution in [2.75, 3.05) is 5.33 Å². The second-order valence-corrected chi connectivity index (χ2v) is 1.51. The van der Waals surface area contributed by atoms with Crippen molar-refractivity contribution in [3.63, 3.8) is 0 Å². The molecule has 1 amide bonds. The Labute approximate surface area is 57.6 Å². The highest BCUT2D eigenvalue weighted by Gasteiger charge is 1.61. The van der Waals surface area contributed by atoms with Crippen LogP contribution >= 0.6 is 15.9 Å². The highest BCUT2D eigenvalue weighted by molar-refractivity contribution is 9.09. The second kappa shape index (κ2) is 9.72. The van der Waals surface area contributed by atoms with Crippen LogP contribution in [-0.4, -0.2) is 11.2 Å². The van der Waals surface area contributed by atoms with Gasteiger partial charge in [-0.3, -0.25) is 4.79 Å². The van der Waals surface area contributed by atoms with Crippen LogP contribution in [0.15, 0.2) is 0 Å². The largest absolute Gasteiger partial charge is 0.370 e. The van der Waals surface area contributed by atoms with Gasteiger partial charge in [0.05, 0.1) is 5.33 Å². The molecule has 0 heterocycles. The Balaban J connectivity index is 0. The smallest absolute Gasteiger partial charge is 0.214 e. The van der Waals surface area contributed by atoms with Crippen molar-refractivity contribution < 1.29 is 4.79 Å². The molecule has 0 spiro atoms. The maximum Gasteiger partial charge on any atom is 0.214 e. The third-order valence-electron chi connectivity index (χ3n) is 0.0772. The first kappa shape index (κ1) is 10.5. The zero-order valence-corrected chi connectivity index (χ0v) is 6.23. The van der Waals surface area contributed by atoms with Crippen LogP contribution in [0.1, 0.15) is 6.92 Å². The molecule has 0 aliphatic rings. The fourth-order valence-electron chi connectivity index (χ4n) is 0. The van der Waals surface area contributed by atoms with E-state index in [0.717, 1.165) is 0 Å². The van der Waals surface area contributed by atoms with Gasteiger partial charge in [0.25, 0.3) is 0 Å². The lowest BCUT2D eigenvalue weighted by Crippen LogP contribution is -2.01. The second-order valence-electron chi connectivity index (χ2n) is 0.948. The molecule has 0 aliphatic carbocycles. The van der Waals surface area contributed by atoms with Gasteiger partial charge in [0.15, 0.2) is 0 Å². The predicted octanol–water partition coefficient (Wildman–Crippen LogP) is 0.506. The van der Waals surface area contributed by atoms with Crippen molar-refractivity contribution in [1.82, 2.24) is 0 Å². The van der Waals surface area contributed by atoms with Crippen molar-refractivity contribution in [3.8, 4) is 12.3 Å². The summed E-state index contributed by atoms with van der Waals surface area (Å²) in [6.45, 7) is 1.31. The number of nitrogens with two attached hydrogens (primary N) is 1. The van der Waals surface area contributed by atoms with Gasteiger partial charge >= 0.3 is 0 Å².